The Kier molecular flexibility index (Phi) is 4.16. The lowest BCUT2D eigenvalue weighted by Crippen LogP contribution is -2.36. The third kappa shape index (κ3) is 3.06. The van der Waals surface area contributed by atoms with Crippen LogP contribution in [0.25, 0.3) is 0 Å². The van der Waals surface area contributed by atoms with E-state index in [0.717, 1.165) is 0 Å². The van der Waals surface area contributed by atoms with E-state index >= 15 is 0 Å². The number of H-pyrrole nitrogens is 1. The fraction of sp³-hybridized carbons (Fsp3) is 0.143. The summed E-state index contributed by atoms with van der Waals surface area (Å²) in [5, 5.41) is 6.06. The van der Waals surface area contributed by atoms with E-state index in [-0.39, 0.29) is 23.8 Å². The van der Waals surface area contributed by atoms with Crippen molar-refractivity contribution in [3.8, 4) is 0 Å². The van der Waals surface area contributed by atoms with E-state index < -0.39 is 23.3 Å². The molecule has 1 aliphatic rings. The maximum Gasteiger partial charge on any atom is 0.258 e. The van der Waals surface area contributed by atoms with Crippen molar-refractivity contribution < 1.29 is 9.59 Å². The molecule has 0 saturated heterocycles. The van der Waals surface area contributed by atoms with Gasteiger partial charge in [-0.05, 0) is 18.2 Å². The molecular formula is C14H11Cl2N5O3. The molecule has 0 spiro atoms. The molecule has 3 rings (SSSR count). The highest BCUT2D eigenvalue weighted by Crippen LogP contribution is 2.30. The number of nitrogens with zero attached hydrogens (tertiary/aromatic N) is 1. The first kappa shape index (κ1) is 16.3. The Hall–Kier alpha value is -2.58. The van der Waals surface area contributed by atoms with Crippen molar-refractivity contribution in [2.75, 3.05) is 10.6 Å². The Labute approximate surface area is 145 Å². The minimum absolute atomic E-state index is 0.00798. The first-order valence-electron chi connectivity index (χ1n) is 6.80. The zero-order chi connectivity index (χ0) is 17.4. The van der Waals surface area contributed by atoms with Crippen LogP contribution in [0.5, 0.6) is 0 Å². The zero-order valence-corrected chi connectivity index (χ0v) is 13.5. The molecule has 10 heteroatoms. The molecule has 0 aliphatic carbocycles. The lowest BCUT2D eigenvalue weighted by Gasteiger charge is -2.22. The van der Waals surface area contributed by atoms with Gasteiger partial charge in [-0.15, -0.1) is 0 Å². The van der Waals surface area contributed by atoms with E-state index in [9.17, 15) is 14.4 Å². The van der Waals surface area contributed by atoms with Crippen molar-refractivity contribution in [2.45, 2.75) is 12.3 Å². The summed E-state index contributed by atoms with van der Waals surface area (Å²) in [5.74, 6) is -2.18. The second kappa shape index (κ2) is 6.14. The van der Waals surface area contributed by atoms with Gasteiger partial charge in [-0.25, -0.2) is 0 Å². The summed E-state index contributed by atoms with van der Waals surface area (Å²) < 4.78 is 0. The number of primary amides is 1. The van der Waals surface area contributed by atoms with E-state index in [4.69, 9.17) is 28.9 Å². The topological polar surface area (TPSA) is 130 Å². The van der Waals surface area contributed by atoms with Gasteiger partial charge in [0.15, 0.2) is 0 Å². The van der Waals surface area contributed by atoms with Crippen LogP contribution in [0.2, 0.25) is 10.0 Å². The van der Waals surface area contributed by atoms with Gasteiger partial charge in [-0.3, -0.25) is 19.4 Å². The van der Waals surface area contributed by atoms with Gasteiger partial charge in [0.1, 0.15) is 5.82 Å². The normalized spacial score (nSPS) is 16.2. The van der Waals surface area contributed by atoms with Gasteiger partial charge >= 0.3 is 0 Å². The van der Waals surface area contributed by atoms with Crippen LogP contribution < -0.4 is 21.9 Å². The van der Waals surface area contributed by atoms with Crippen LogP contribution in [0.3, 0.4) is 0 Å². The van der Waals surface area contributed by atoms with Gasteiger partial charge < -0.3 is 16.4 Å². The molecule has 0 radical (unpaired) electrons. The Morgan fingerprint density at radius 3 is 2.75 bits per heavy atom. The Balaban J connectivity index is 2.02. The average Bonchev–Trinajstić information content (AvgIpc) is 2.48. The lowest BCUT2D eigenvalue weighted by molar-refractivity contribution is -0.124. The number of aromatic amines is 1. The van der Waals surface area contributed by atoms with Crippen molar-refractivity contribution in [3.63, 3.8) is 0 Å². The van der Waals surface area contributed by atoms with E-state index in [0.29, 0.717) is 15.7 Å². The Bertz CT molecular complexity index is 912. The molecule has 1 aromatic carbocycles. The highest BCUT2D eigenvalue weighted by atomic mass is 35.5. The predicted molar refractivity (Wildman–Crippen MR) is 89.8 cm³/mol. The zero-order valence-electron chi connectivity index (χ0n) is 12.0. The Morgan fingerprint density at radius 2 is 2.08 bits per heavy atom. The van der Waals surface area contributed by atoms with Crippen LogP contribution >= 0.6 is 23.2 Å². The SMILES string of the molecule is NC(=O)[C@H]1CC(=O)Nc2nc(Nc3ccc(Cl)cc3Cl)[nH]c(=O)c21. The molecule has 0 fully saturated rings. The van der Waals surface area contributed by atoms with E-state index in [2.05, 4.69) is 20.6 Å². The van der Waals surface area contributed by atoms with Gasteiger partial charge in [0.2, 0.25) is 17.8 Å². The monoisotopic (exact) mass is 367 g/mol. The minimum Gasteiger partial charge on any atom is -0.369 e. The van der Waals surface area contributed by atoms with Gasteiger partial charge in [0, 0.05) is 11.4 Å². The highest BCUT2D eigenvalue weighted by Gasteiger charge is 2.33. The molecule has 124 valence electrons. The number of aromatic nitrogens is 2. The molecule has 8 nitrogen and oxygen atoms in total. The molecule has 5 N–H and O–H groups in total. The summed E-state index contributed by atoms with van der Waals surface area (Å²) in [6.07, 6.45) is -0.192. The van der Waals surface area contributed by atoms with E-state index in [1.807, 2.05) is 0 Å². The molecule has 2 amide bonds. The standard InChI is InChI=1S/C14H11Cl2N5O3/c15-5-1-2-8(7(16)3-5)18-14-20-12-10(13(24)21-14)6(11(17)23)4-9(22)19-12/h1-3,6H,4H2,(H2,17,23)(H3,18,19,20,21,22,24)/t6-/m0/s1. The number of amides is 2. The molecule has 0 unspecified atom stereocenters. The summed E-state index contributed by atoms with van der Waals surface area (Å²) in [7, 11) is 0. The fourth-order valence-electron chi connectivity index (χ4n) is 2.39. The summed E-state index contributed by atoms with van der Waals surface area (Å²) in [6.45, 7) is 0. The number of nitrogens with two attached hydrogens (primary N) is 1. The number of rotatable bonds is 3. The largest absolute Gasteiger partial charge is 0.369 e. The number of anilines is 3. The minimum atomic E-state index is -1.02. The van der Waals surface area contributed by atoms with Crippen LogP contribution in [-0.2, 0) is 9.59 Å². The van der Waals surface area contributed by atoms with Crippen molar-refractivity contribution >= 4 is 52.5 Å². The average molecular weight is 368 g/mol. The molecule has 2 aromatic rings. The number of carbonyl (C=O) groups excluding carboxylic acids is 2. The van der Waals surface area contributed by atoms with Crippen LogP contribution in [-0.4, -0.2) is 21.8 Å². The molecule has 0 bridgehead atoms. The van der Waals surface area contributed by atoms with E-state index in [1.165, 1.54) is 6.07 Å². The summed E-state index contributed by atoms with van der Waals surface area (Å²) in [5.41, 5.74) is 5.18. The summed E-state index contributed by atoms with van der Waals surface area (Å²) in [4.78, 5) is 42.1. The summed E-state index contributed by atoms with van der Waals surface area (Å²) >= 11 is 11.9. The van der Waals surface area contributed by atoms with Crippen molar-refractivity contribution in [1.29, 1.82) is 0 Å². The molecule has 24 heavy (non-hydrogen) atoms. The van der Waals surface area contributed by atoms with Crippen LogP contribution in [0, 0.1) is 0 Å². The number of hydrogen-bond acceptors (Lipinski definition) is 5. The third-order valence-corrected chi connectivity index (χ3v) is 4.03. The predicted octanol–water partition coefficient (Wildman–Crippen LogP) is 1.73. The molecule has 1 atom stereocenters. The fourth-order valence-corrected chi connectivity index (χ4v) is 2.85. The van der Waals surface area contributed by atoms with Gasteiger partial charge in [0.05, 0.1) is 22.2 Å². The maximum absolute atomic E-state index is 12.3. The number of halogens is 2. The number of carbonyl (C=O) groups is 2. The number of nitrogens with one attached hydrogen (secondary N) is 3. The highest BCUT2D eigenvalue weighted by molar-refractivity contribution is 6.36. The second-order valence-corrected chi connectivity index (χ2v) is 5.98. The molecule has 1 aliphatic heterocycles. The van der Waals surface area contributed by atoms with Gasteiger partial charge in [-0.2, -0.15) is 4.98 Å². The first-order chi connectivity index (χ1) is 11.3. The van der Waals surface area contributed by atoms with Crippen LogP contribution in [0.15, 0.2) is 23.0 Å². The Morgan fingerprint density at radius 1 is 1.33 bits per heavy atom. The molecule has 1 aromatic heterocycles. The third-order valence-electron chi connectivity index (χ3n) is 3.48. The first-order valence-corrected chi connectivity index (χ1v) is 7.56. The van der Waals surface area contributed by atoms with Crippen LogP contribution in [0.4, 0.5) is 17.5 Å². The summed E-state index contributed by atoms with van der Waals surface area (Å²) in [6, 6.07) is 4.74. The molecule has 0 saturated carbocycles. The quantitative estimate of drug-likeness (QED) is 0.656. The van der Waals surface area contributed by atoms with Gasteiger partial charge in [0.25, 0.3) is 5.56 Å². The number of benzene rings is 1. The lowest BCUT2D eigenvalue weighted by atomic mass is 9.93. The van der Waals surface area contributed by atoms with Crippen molar-refractivity contribution in [3.05, 3.63) is 44.2 Å². The van der Waals surface area contributed by atoms with Crippen molar-refractivity contribution in [1.82, 2.24) is 9.97 Å². The molecular weight excluding hydrogens is 357 g/mol. The smallest absolute Gasteiger partial charge is 0.258 e. The van der Waals surface area contributed by atoms with Gasteiger partial charge in [-0.1, -0.05) is 23.2 Å². The maximum atomic E-state index is 12.3. The van der Waals surface area contributed by atoms with Crippen LogP contribution in [0.1, 0.15) is 17.9 Å². The molecule has 2 heterocycles. The van der Waals surface area contributed by atoms with E-state index in [1.54, 1.807) is 12.1 Å². The second-order valence-electron chi connectivity index (χ2n) is 5.13. The number of hydrogen-bond donors (Lipinski definition) is 4. The van der Waals surface area contributed by atoms with Crippen molar-refractivity contribution in [2.24, 2.45) is 5.73 Å². The number of fused-ring (bicyclic) bond motifs is 1.